The van der Waals surface area contributed by atoms with Crippen molar-refractivity contribution in [2.75, 3.05) is 6.54 Å². The topological polar surface area (TPSA) is 81.0 Å². The maximum atomic E-state index is 10.8. The van der Waals surface area contributed by atoms with Crippen molar-refractivity contribution in [2.45, 2.75) is 6.92 Å². The fourth-order valence-electron chi connectivity index (χ4n) is 1.48. The van der Waals surface area contributed by atoms with E-state index in [4.69, 9.17) is 5.11 Å². The molecular weight excluding hydrogens is 194 g/mol. The third kappa shape index (κ3) is 0.874. The zero-order chi connectivity index (χ0) is 9.80. The molecule has 0 atom stereocenters. The highest BCUT2D eigenvalue weighted by Gasteiger charge is 2.44. The van der Waals surface area contributed by atoms with E-state index in [0.29, 0.717) is 11.6 Å². The molecule has 0 fully saturated rings. The van der Waals surface area contributed by atoms with Crippen LogP contribution in [0.5, 0.6) is 0 Å². The largest absolute Gasteiger partial charge is 0.477 e. The second-order valence-corrected chi connectivity index (χ2v) is 5.04. The lowest BCUT2D eigenvalue weighted by molar-refractivity contribution is -0.134. The molecule has 2 rings (SSSR count). The summed E-state index contributed by atoms with van der Waals surface area (Å²) >= 11 is 0. The molecule has 0 aliphatic carbocycles. The summed E-state index contributed by atoms with van der Waals surface area (Å²) in [5.41, 5.74) is 0.0116. The van der Waals surface area contributed by atoms with Gasteiger partial charge >= 0.3 is 5.97 Å². The molecular formula is C7H9NO4S. The lowest BCUT2D eigenvalue weighted by Crippen LogP contribution is -2.31. The molecule has 13 heavy (non-hydrogen) atoms. The smallest absolute Gasteiger partial charge is 0.354 e. The molecule has 2 heterocycles. The molecule has 5 nitrogen and oxygen atoms in total. The van der Waals surface area contributed by atoms with Crippen LogP contribution in [0.4, 0.5) is 0 Å². The number of carboxylic acid groups (broad SMARTS) is 1. The molecule has 2 aliphatic rings. The SMILES string of the molecule is CC1=C(C(=O)O)N2CC=C2S1(O)O. The van der Waals surface area contributed by atoms with Crippen LogP contribution in [0.25, 0.3) is 0 Å². The van der Waals surface area contributed by atoms with Crippen molar-refractivity contribution in [3.63, 3.8) is 0 Å². The number of hydrogen-bond acceptors (Lipinski definition) is 4. The van der Waals surface area contributed by atoms with Crippen LogP contribution >= 0.6 is 10.6 Å². The molecule has 3 N–H and O–H groups in total. The summed E-state index contributed by atoms with van der Waals surface area (Å²) in [6.07, 6.45) is 1.63. The molecule has 0 spiro atoms. The predicted molar refractivity (Wildman–Crippen MR) is 48.0 cm³/mol. The molecule has 0 aromatic carbocycles. The summed E-state index contributed by atoms with van der Waals surface area (Å²) in [6.45, 7) is 1.89. The Morgan fingerprint density at radius 3 is 2.46 bits per heavy atom. The van der Waals surface area contributed by atoms with Gasteiger partial charge in [0.05, 0.1) is 4.91 Å². The Morgan fingerprint density at radius 2 is 2.23 bits per heavy atom. The van der Waals surface area contributed by atoms with Gasteiger partial charge in [-0.3, -0.25) is 9.11 Å². The predicted octanol–water partition coefficient (Wildman–Crippen LogP) is 1.22. The van der Waals surface area contributed by atoms with E-state index in [0.717, 1.165) is 0 Å². The summed E-state index contributed by atoms with van der Waals surface area (Å²) in [4.78, 5) is 12.3. The van der Waals surface area contributed by atoms with Crippen LogP contribution < -0.4 is 0 Å². The molecule has 6 heteroatoms. The summed E-state index contributed by atoms with van der Waals surface area (Å²) in [7, 11) is -2.97. The van der Waals surface area contributed by atoms with Crippen molar-refractivity contribution in [3.05, 3.63) is 21.7 Å². The van der Waals surface area contributed by atoms with E-state index in [2.05, 4.69) is 0 Å². The highest BCUT2D eigenvalue weighted by atomic mass is 32.3. The van der Waals surface area contributed by atoms with Gasteiger partial charge < -0.3 is 10.0 Å². The monoisotopic (exact) mass is 203 g/mol. The second-order valence-electron chi connectivity index (χ2n) is 2.91. The number of hydrogen-bond donors (Lipinski definition) is 3. The average Bonchev–Trinajstić information content (AvgIpc) is 2.05. The number of aliphatic carboxylic acids is 1. The summed E-state index contributed by atoms with van der Waals surface area (Å²) in [5, 5.41) is 9.14. The van der Waals surface area contributed by atoms with E-state index in [1.54, 1.807) is 6.08 Å². The van der Waals surface area contributed by atoms with Crippen LogP contribution in [-0.4, -0.2) is 31.6 Å². The Labute approximate surface area is 76.3 Å². The molecule has 0 radical (unpaired) electrons. The van der Waals surface area contributed by atoms with E-state index in [1.165, 1.54) is 11.8 Å². The van der Waals surface area contributed by atoms with Crippen LogP contribution in [0.1, 0.15) is 6.92 Å². The van der Waals surface area contributed by atoms with Crippen molar-refractivity contribution in [1.82, 2.24) is 4.90 Å². The Morgan fingerprint density at radius 1 is 1.62 bits per heavy atom. The zero-order valence-corrected chi connectivity index (χ0v) is 7.71. The van der Waals surface area contributed by atoms with E-state index in [1.807, 2.05) is 0 Å². The molecule has 0 saturated carbocycles. The lowest BCUT2D eigenvalue weighted by Gasteiger charge is -2.36. The van der Waals surface area contributed by atoms with Gasteiger partial charge in [0.15, 0.2) is 0 Å². The van der Waals surface area contributed by atoms with Crippen LogP contribution in [0.2, 0.25) is 0 Å². The van der Waals surface area contributed by atoms with Gasteiger partial charge in [-0.15, -0.1) is 10.6 Å². The minimum atomic E-state index is -2.97. The Hall–Kier alpha value is -0.980. The van der Waals surface area contributed by atoms with Gasteiger partial charge in [-0.1, -0.05) is 0 Å². The number of rotatable bonds is 1. The third-order valence-corrected chi connectivity index (χ3v) is 4.26. The maximum absolute atomic E-state index is 10.8. The number of fused-ring (bicyclic) bond motifs is 1. The van der Waals surface area contributed by atoms with Crippen molar-refractivity contribution in [3.8, 4) is 0 Å². The highest BCUT2D eigenvalue weighted by Crippen LogP contribution is 2.65. The van der Waals surface area contributed by atoms with Gasteiger partial charge in [-0.25, -0.2) is 4.79 Å². The molecule has 0 aromatic heterocycles. The number of allylic oxidation sites excluding steroid dienone is 1. The van der Waals surface area contributed by atoms with E-state index in [9.17, 15) is 13.9 Å². The normalized spacial score (nSPS) is 26.4. The highest BCUT2D eigenvalue weighted by molar-refractivity contribution is 8.31. The first-order chi connectivity index (χ1) is 5.96. The average molecular weight is 203 g/mol. The first-order valence-corrected chi connectivity index (χ1v) is 5.21. The third-order valence-electron chi connectivity index (χ3n) is 2.24. The quantitative estimate of drug-likeness (QED) is 0.597. The van der Waals surface area contributed by atoms with Gasteiger partial charge in [0, 0.05) is 6.54 Å². The first-order valence-electron chi connectivity index (χ1n) is 3.66. The van der Waals surface area contributed by atoms with Gasteiger partial charge in [0.1, 0.15) is 10.7 Å². The Balaban J connectivity index is 2.54. The minimum absolute atomic E-state index is 0.0116. The lowest BCUT2D eigenvalue weighted by atomic mass is 10.3. The summed E-state index contributed by atoms with van der Waals surface area (Å²) < 4.78 is 19.2. The molecule has 0 saturated heterocycles. The van der Waals surface area contributed by atoms with Crippen LogP contribution in [0.3, 0.4) is 0 Å². The van der Waals surface area contributed by atoms with Crippen molar-refractivity contribution in [1.29, 1.82) is 0 Å². The minimum Gasteiger partial charge on any atom is -0.477 e. The van der Waals surface area contributed by atoms with Gasteiger partial charge in [0.25, 0.3) is 0 Å². The van der Waals surface area contributed by atoms with Gasteiger partial charge in [-0.2, -0.15) is 0 Å². The molecule has 72 valence electrons. The van der Waals surface area contributed by atoms with Crippen molar-refractivity contribution >= 4 is 16.6 Å². The fraction of sp³-hybridized carbons (Fsp3) is 0.286. The zero-order valence-electron chi connectivity index (χ0n) is 6.89. The Kier molecular flexibility index (Phi) is 1.51. The maximum Gasteiger partial charge on any atom is 0.354 e. The van der Waals surface area contributed by atoms with Crippen LogP contribution in [0, 0.1) is 0 Å². The molecule has 2 aliphatic heterocycles. The summed E-state index contributed by atoms with van der Waals surface area (Å²) in [6, 6.07) is 0. The molecule has 0 unspecified atom stereocenters. The second kappa shape index (κ2) is 2.28. The van der Waals surface area contributed by atoms with E-state index < -0.39 is 16.6 Å². The van der Waals surface area contributed by atoms with Gasteiger partial charge in [0.2, 0.25) is 0 Å². The van der Waals surface area contributed by atoms with Crippen LogP contribution in [0.15, 0.2) is 21.7 Å². The first kappa shape index (κ1) is 8.61. The fourth-order valence-corrected chi connectivity index (χ4v) is 3.04. The van der Waals surface area contributed by atoms with Crippen molar-refractivity contribution < 1.29 is 19.0 Å². The number of nitrogens with zero attached hydrogens (tertiary/aromatic N) is 1. The van der Waals surface area contributed by atoms with E-state index >= 15 is 0 Å². The summed E-state index contributed by atoms with van der Waals surface area (Å²) in [5.74, 6) is -1.11. The van der Waals surface area contributed by atoms with Gasteiger partial charge in [-0.05, 0) is 13.0 Å². The standard InChI is InChI=1S/C7H9NO4S/c1-4-6(7(9)10)8-3-2-5(8)13(4,11)12/h2,11-12H,3H2,1H3,(H,9,10). The molecule has 0 amide bonds. The number of carboxylic acids is 1. The van der Waals surface area contributed by atoms with Crippen molar-refractivity contribution in [2.24, 2.45) is 0 Å². The molecule has 0 bridgehead atoms. The molecule has 0 aromatic rings. The Bertz CT molecular complexity index is 358. The number of carbonyl (C=O) groups is 1. The van der Waals surface area contributed by atoms with E-state index in [-0.39, 0.29) is 10.6 Å². The van der Waals surface area contributed by atoms with Crippen LogP contribution in [-0.2, 0) is 4.79 Å².